The van der Waals surface area contributed by atoms with Crippen LogP contribution in [0.5, 0.6) is 0 Å². The van der Waals surface area contributed by atoms with Crippen molar-refractivity contribution in [2.24, 2.45) is 0 Å². The van der Waals surface area contributed by atoms with Gasteiger partial charge in [-0.05, 0) is 31.5 Å². The zero-order chi connectivity index (χ0) is 21.3. The van der Waals surface area contributed by atoms with E-state index in [1.54, 1.807) is 19.1 Å². The average molecular weight is 417 g/mol. The maximum absolute atomic E-state index is 12.9. The lowest BCUT2D eigenvalue weighted by Crippen LogP contribution is -2.42. The molecule has 0 saturated carbocycles. The zero-order valence-electron chi connectivity index (χ0n) is 15.6. The second kappa shape index (κ2) is 7.51. The van der Waals surface area contributed by atoms with Crippen molar-refractivity contribution in [1.82, 2.24) is 10.2 Å². The van der Waals surface area contributed by atoms with Crippen molar-refractivity contribution >= 4 is 40.8 Å². The van der Waals surface area contributed by atoms with Crippen LogP contribution in [-0.2, 0) is 15.1 Å². The number of amides is 4. The predicted octanol–water partition coefficient (Wildman–Crippen LogP) is 2.96. The molecule has 1 aliphatic rings. The number of halogens is 1. The number of nitro groups is 1. The van der Waals surface area contributed by atoms with E-state index in [1.165, 1.54) is 12.1 Å². The van der Waals surface area contributed by atoms with E-state index in [2.05, 4.69) is 10.6 Å². The number of aryl methyl sites for hydroxylation is 1. The fourth-order valence-corrected chi connectivity index (χ4v) is 3.18. The molecule has 0 aliphatic carbocycles. The summed E-state index contributed by atoms with van der Waals surface area (Å²) in [5, 5.41) is 15.9. The van der Waals surface area contributed by atoms with Crippen molar-refractivity contribution in [2.75, 3.05) is 11.9 Å². The summed E-state index contributed by atoms with van der Waals surface area (Å²) in [6.07, 6.45) is 0. The zero-order valence-corrected chi connectivity index (χ0v) is 16.3. The lowest BCUT2D eigenvalue weighted by molar-refractivity contribution is -0.384. The van der Waals surface area contributed by atoms with Crippen LogP contribution in [0.15, 0.2) is 42.5 Å². The molecule has 9 nitrogen and oxygen atoms in total. The lowest BCUT2D eigenvalue weighted by atomic mass is 9.91. The van der Waals surface area contributed by atoms with Crippen LogP contribution in [-0.4, -0.2) is 34.2 Å². The monoisotopic (exact) mass is 416 g/mol. The normalized spacial score (nSPS) is 18.5. The number of carbonyl (C=O) groups excluding carboxylic acids is 3. The fraction of sp³-hybridized carbons (Fsp3) is 0.211. The first kappa shape index (κ1) is 20.3. The highest BCUT2D eigenvalue weighted by molar-refractivity contribution is 6.32. The number of nitrogens with zero attached hydrogens (tertiary/aromatic N) is 2. The molecule has 1 fully saturated rings. The van der Waals surface area contributed by atoms with E-state index in [4.69, 9.17) is 11.6 Å². The van der Waals surface area contributed by atoms with Gasteiger partial charge in [0.2, 0.25) is 5.91 Å². The minimum Gasteiger partial charge on any atom is -0.324 e. The van der Waals surface area contributed by atoms with Crippen LogP contribution in [0.3, 0.4) is 0 Å². The van der Waals surface area contributed by atoms with Gasteiger partial charge in [-0.25, -0.2) is 4.79 Å². The first-order valence-corrected chi connectivity index (χ1v) is 8.94. The number of nitro benzene ring substituents is 1. The van der Waals surface area contributed by atoms with Crippen LogP contribution < -0.4 is 10.6 Å². The highest BCUT2D eigenvalue weighted by atomic mass is 35.5. The molecule has 4 amide bonds. The van der Waals surface area contributed by atoms with E-state index < -0.39 is 34.9 Å². The first-order chi connectivity index (χ1) is 13.6. The molecular formula is C19H17ClN4O5. The largest absolute Gasteiger partial charge is 0.325 e. The summed E-state index contributed by atoms with van der Waals surface area (Å²) in [5.74, 6) is -1.25. The molecule has 0 unspecified atom stereocenters. The van der Waals surface area contributed by atoms with Gasteiger partial charge in [0.15, 0.2) is 0 Å². The van der Waals surface area contributed by atoms with Crippen molar-refractivity contribution < 1.29 is 19.3 Å². The van der Waals surface area contributed by atoms with Gasteiger partial charge in [0.1, 0.15) is 17.1 Å². The maximum atomic E-state index is 12.9. The summed E-state index contributed by atoms with van der Waals surface area (Å²) in [6, 6.07) is 10.2. The van der Waals surface area contributed by atoms with Gasteiger partial charge in [-0.1, -0.05) is 41.4 Å². The van der Waals surface area contributed by atoms with Crippen LogP contribution in [0, 0.1) is 17.0 Å². The smallest absolute Gasteiger partial charge is 0.324 e. The lowest BCUT2D eigenvalue weighted by Gasteiger charge is -2.22. The third kappa shape index (κ3) is 3.90. The Morgan fingerprint density at radius 3 is 2.52 bits per heavy atom. The maximum Gasteiger partial charge on any atom is 0.325 e. The molecule has 3 rings (SSSR count). The van der Waals surface area contributed by atoms with Crippen LogP contribution in [0.2, 0.25) is 5.02 Å². The van der Waals surface area contributed by atoms with Crippen LogP contribution >= 0.6 is 11.6 Å². The Labute approximate surface area is 170 Å². The van der Waals surface area contributed by atoms with Gasteiger partial charge in [-0.3, -0.25) is 24.6 Å². The number of rotatable bonds is 5. The van der Waals surface area contributed by atoms with Gasteiger partial charge < -0.3 is 10.6 Å². The van der Waals surface area contributed by atoms with Crippen molar-refractivity contribution in [3.63, 3.8) is 0 Å². The molecule has 2 N–H and O–H groups in total. The van der Waals surface area contributed by atoms with Crippen molar-refractivity contribution in [2.45, 2.75) is 19.4 Å². The van der Waals surface area contributed by atoms with Crippen molar-refractivity contribution in [3.8, 4) is 0 Å². The Balaban J connectivity index is 1.75. The molecule has 10 heteroatoms. The van der Waals surface area contributed by atoms with Gasteiger partial charge >= 0.3 is 6.03 Å². The van der Waals surface area contributed by atoms with Gasteiger partial charge in [0.05, 0.1) is 4.92 Å². The Kier molecular flexibility index (Phi) is 5.25. The number of urea groups is 1. The molecule has 1 atom stereocenters. The number of hydrogen-bond acceptors (Lipinski definition) is 5. The molecule has 0 aromatic heterocycles. The third-order valence-corrected chi connectivity index (χ3v) is 4.95. The highest BCUT2D eigenvalue weighted by Gasteiger charge is 2.49. The first-order valence-electron chi connectivity index (χ1n) is 8.57. The quantitative estimate of drug-likeness (QED) is 0.441. The number of nitrogens with one attached hydrogen (secondary N) is 2. The standard InChI is InChI=1S/C19H17ClN4O5/c1-11-3-5-12(6-4-11)19(2)17(26)23(18(27)22-19)10-16(25)21-13-7-8-14(20)15(9-13)24(28)29/h3-9H,10H2,1-2H3,(H,21,25)(H,22,27)/t19-/m1/s1. The molecule has 29 heavy (non-hydrogen) atoms. The van der Waals surface area contributed by atoms with E-state index >= 15 is 0 Å². The Bertz CT molecular complexity index is 1020. The fourth-order valence-electron chi connectivity index (χ4n) is 3.00. The molecule has 0 radical (unpaired) electrons. The minimum atomic E-state index is -1.29. The molecular weight excluding hydrogens is 400 g/mol. The van der Waals surface area contributed by atoms with Crippen molar-refractivity contribution in [1.29, 1.82) is 0 Å². The number of anilines is 1. The SMILES string of the molecule is Cc1ccc([C@@]2(C)NC(=O)N(CC(=O)Nc3ccc(Cl)c([N+](=O)[O-])c3)C2=O)cc1. The van der Waals surface area contributed by atoms with Crippen LogP contribution in [0.4, 0.5) is 16.2 Å². The summed E-state index contributed by atoms with van der Waals surface area (Å²) in [6.45, 7) is 2.93. The van der Waals surface area contributed by atoms with Crippen molar-refractivity contribution in [3.05, 3.63) is 68.7 Å². The number of benzene rings is 2. The predicted molar refractivity (Wildman–Crippen MR) is 106 cm³/mol. The molecule has 2 aromatic rings. The summed E-state index contributed by atoms with van der Waals surface area (Å²) < 4.78 is 0. The number of hydrogen-bond donors (Lipinski definition) is 2. The minimum absolute atomic E-state index is 0.0732. The topological polar surface area (TPSA) is 122 Å². The molecule has 150 valence electrons. The van der Waals surface area contributed by atoms with E-state index in [-0.39, 0.29) is 16.4 Å². The Morgan fingerprint density at radius 2 is 1.90 bits per heavy atom. The number of carbonyl (C=O) groups is 3. The molecule has 1 heterocycles. The second-order valence-electron chi connectivity index (χ2n) is 6.78. The van der Waals surface area contributed by atoms with Crippen LogP contribution in [0.25, 0.3) is 0 Å². The van der Waals surface area contributed by atoms with E-state index in [0.29, 0.717) is 5.56 Å². The van der Waals surface area contributed by atoms with E-state index in [9.17, 15) is 24.5 Å². The molecule has 0 bridgehead atoms. The van der Waals surface area contributed by atoms with Crippen LogP contribution in [0.1, 0.15) is 18.1 Å². The average Bonchev–Trinajstić information content (AvgIpc) is 2.87. The molecule has 1 aliphatic heterocycles. The third-order valence-electron chi connectivity index (χ3n) is 4.63. The number of imide groups is 1. The van der Waals surface area contributed by atoms with Gasteiger partial charge in [0, 0.05) is 11.8 Å². The summed E-state index contributed by atoms with van der Waals surface area (Å²) in [4.78, 5) is 48.6. The van der Waals surface area contributed by atoms with Gasteiger partial charge in [0.25, 0.3) is 11.6 Å². The molecule has 2 aromatic carbocycles. The Morgan fingerprint density at radius 1 is 1.24 bits per heavy atom. The second-order valence-corrected chi connectivity index (χ2v) is 7.19. The highest BCUT2D eigenvalue weighted by Crippen LogP contribution is 2.30. The molecule has 1 saturated heterocycles. The molecule has 0 spiro atoms. The Hall–Kier alpha value is -3.46. The summed E-state index contributed by atoms with van der Waals surface area (Å²) in [5.41, 5.74) is 0.0652. The summed E-state index contributed by atoms with van der Waals surface area (Å²) in [7, 11) is 0. The summed E-state index contributed by atoms with van der Waals surface area (Å²) >= 11 is 5.74. The van der Waals surface area contributed by atoms with Gasteiger partial charge in [-0.2, -0.15) is 0 Å². The van der Waals surface area contributed by atoms with Gasteiger partial charge in [-0.15, -0.1) is 0 Å². The van der Waals surface area contributed by atoms with E-state index in [0.717, 1.165) is 16.5 Å². The van der Waals surface area contributed by atoms with E-state index in [1.807, 2.05) is 19.1 Å².